The summed E-state index contributed by atoms with van der Waals surface area (Å²) in [5.74, 6) is 0.840. The molecule has 1 aromatic heterocycles. The first-order chi connectivity index (χ1) is 15.5. The van der Waals surface area contributed by atoms with Crippen LogP contribution in [0.1, 0.15) is 29.1 Å². The van der Waals surface area contributed by atoms with Crippen LogP contribution in [0.4, 0.5) is 5.69 Å². The molecule has 3 aromatic rings. The monoisotopic (exact) mass is 457 g/mol. The maximum absolute atomic E-state index is 12.7. The second-order valence-electron chi connectivity index (χ2n) is 6.96. The molecular weight excluding hydrogens is 438 g/mol. The van der Waals surface area contributed by atoms with Gasteiger partial charge < -0.3 is 23.6 Å². The van der Waals surface area contributed by atoms with Crippen LogP contribution in [-0.4, -0.2) is 42.8 Å². The van der Waals surface area contributed by atoms with E-state index in [1.165, 1.54) is 13.2 Å². The molecule has 0 bridgehead atoms. The number of esters is 1. The predicted molar refractivity (Wildman–Crippen MR) is 115 cm³/mol. The number of benzene rings is 2. The van der Waals surface area contributed by atoms with Crippen LogP contribution in [0, 0.1) is 0 Å². The Morgan fingerprint density at radius 3 is 2.75 bits per heavy atom. The van der Waals surface area contributed by atoms with E-state index in [1.54, 1.807) is 42.3 Å². The third-order valence-electron chi connectivity index (χ3n) is 4.99. The van der Waals surface area contributed by atoms with Crippen LogP contribution in [0.3, 0.4) is 0 Å². The lowest BCUT2D eigenvalue weighted by molar-refractivity contribution is -0.117. The van der Waals surface area contributed by atoms with E-state index < -0.39 is 5.97 Å². The number of aromatic nitrogens is 2. The van der Waals surface area contributed by atoms with E-state index in [0.29, 0.717) is 40.7 Å². The summed E-state index contributed by atoms with van der Waals surface area (Å²) in [7, 11) is 3.08. The molecule has 9 nitrogen and oxygen atoms in total. The van der Waals surface area contributed by atoms with Crippen molar-refractivity contribution in [1.29, 1.82) is 0 Å². The molecule has 0 atom stereocenters. The summed E-state index contributed by atoms with van der Waals surface area (Å²) in [6.07, 6.45) is 1.15. The zero-order valence-electron chi connectivity index (χ0n) is 17.5. The molecule has 1 aliphatic heterocycles. The van der Waals surface area contributed by atoms with Gasteiger partial charge in [-0.15, -0.1) is 0 Å². The third kappa shape index (κ3) is 4.38. The maximum Gasteiger partial charge on any atom is 0.340 e. The highest BCUT2D eigenvalue weighted by molar-refractivity contribution is 6.31. The lowest BCUT2D eigenvalue weighted by Crippen LogP contribution is -2.26. The van der Waals surface area contributed by atoms with Gasteiger partial charge in [0.1, 0.15) is 11.5 Å². The van der Waals surface area contributed by atoms with Gasteiger partial charge in [-0.05, 0) is 36.8 Å². The molecule has 0 saturated carbocycles. The second kappa shape index (κ2) is 9.27. The van der Waals surface area contributed by atoms with Crippen LogP contribution in [0.5, 0.6) is 11.5 Å². The highest BCUT2D eigenvalue weighted by Gasteiger charge is 2.27. The molecule has 1 aliphatic rings. The highest BCUT2D eigenvalue weighted by atomic mass is 35.5. The predicted octanol–water partition coefficient (Wildman–Crippen LogP) is 3.89. The fourth-order valence-corrected chi connectivity index (χ4v) is 3.58. The Balaban J connectivity index is 1.50. The topological polar surface area (TPSA) is 104 Å². The first-order valence-electron chi connectivity index (χ1n) is 9.82. The average molecular weight is 458 g/mol. The number of nitrogens with zero attached hydrogens (tertiary/aromatic N) is 3. The first kappa shape index (κ1) is 21.6. The summed E-state index contributed by atoms with van der Waals surface area (Å²) in [5, 5.41) is 4.36. The molecule has 0 aliphatic carbocycles. The van der Waals surface area contributed by atoms with Crippen molar-refractivity contribution >= 4 is 29.2 Å². The van der Waals surface area contributed by atoms with Crippen LogP contribution in [0.25, 0.3) is 11.4 Å². The number of methoxy groups -OCH3 is 2. The number of anilines is 1. The molecule has 32 heavy (non-hydrogen) atoms. The van der Waals surface area contributed by atoms with Crippen LogP contribution in [-0.2, 0) is 16.1 Å². The number of amides is 1. The van der Waals surface area contributed by atoms with E-state index >= 15 is 0 Å². The molecule has 1 fully saturated rings. The van der Waals surface area contributed by atoms with Gasteiger partial charge in [-0.1, -0.05) is 16.8 Å². The van der Waals surface area contributed by atoms with Crippen molar-refractivity contribution in [2.75, 3.05) is 25.7 Å². The number of hydrogen-bond acceptors (Lipinski definition) is 8. The van der Waals surface area contributed by atoms with E-state index in [9.17, 15) is 9.59 Å². The number of halogens is 1. The number of ether oxygens (including phenoxy) is 3. The Bertz CT molecular complexity index is 1160. The fourth-order valence-electron chi connectivity index (χ4n) is 3.41. The minimum absolute atomic E-state index is 0.0590. The molecule has 10 heteroatoms. The summed E-state index contributed by atoms with van der Waals surface area (Å²) in [6, 6.07) is 9.88. The van der Waals surface area contributed by atoms with Crippen LogP contribution >= 0.6 is 11.6 Å². The van der Waals surface area contributed by atoms with Crippen molar-refractivity contribution in [3.63, 3.8) is 0 Å². The first-order valence-corrected chi connectivity index (χ1v) is 10.2. The van der Waals surface area contributed by atoms with E-state index in [-0.39, 0.29) is 29.8 Å². The number of rotatable bonds is 7. The average Bonchev–Trinajstić information content (AvgIpc) is 3.45. The molecule has 0 spiro atoms. The van der Waals surface area contributed by atoms with Gasteiger partial charge in [-0.3, -0.25) is 4.79 Å². The molecule has 1 amide bonds. The van der Waals surface area contributed by atoms with E-state index in [0.717, 1.165) is 6.42 Å². The largest absolute Gasteiger partial charge is 0.497 e. The molecule has 0 unspecified atom stereocenters. The van der Waals surface area contributed by atoms with Crippen LogP contribution < -0.4 is 14.4 Å². The van der Waals surface area contributed by atoms with Crippen molar-refractivity contribution in [1.82, 2.24) is 10.1 Å². The van der Waals surface area contributed by atoms with Gasteiger partial charge in [0.2, 0.25) is 11.7 Å². The zero-order valence-corrected chi connectivity index (χ0v) is 18.2. The fraction of sp³-hybridized carbons (Fsp3) is 0.273. The van der Waals surface area contributed by atoms with Gasteiger partial charge in [-0.2, -0.15) is 4.98 Å². The van der Waals surface area contributed by atoms with Gasteiger partial charge in [0.15, 0.2) is 6.61 Å². The summed E-state index contributed by atoms with van der Waals surface area (Å²) < 4.78 is 21.1. The van der Waals surface area contributed by atoms with E-state index in [2.05, 4.69) is 10.1 Å². The van der Waals surface area contributed by atoms with Gasteiger partial charge in [0.05, 0.1) is 31.0 Å². The quantitative estimate of drug-likeness (QED) is 0.492. The summed E-state index contributed by atoms with van der Waals surface area (Å²) in [6.45, 7) is 0.288. The summed E-state index contributed by atoms with van der Waals surface area (Å²) in [4.78, 5) is 30.7. The van der Waals surface area contributed by atoms with Crippen molar-refractivity contribution in [3.8, 4) is 22.9 Å². The molecule has 2 aromatic carbocycles. The molecule has 0 N–H and O–H groups in total. The van der Waals surface area contributed by atoms with Gasteiger partial charge in [0, 0.05) is 24.1 Å². The number of carbonyl (C=O) groups excluding carboxylic acids is 2. The minimum atomic E-state index is -0.627. The summed E-state index contributed by atoms with van der Waals surface area (Å²) in [5.41, 5.74) is 1.27. The normalized spacial score (nSPS) is 13.3. The van der Waals surface area contributed by atoms with Crippen LogP contribution in [0.2, 0.25) is 5.02 Å². The van der Waals surface area contributed by atoms with E-state index in [1.807, 2.05) is 0 Å². The maximum atomic E-state index is 12.7. The molecule has 1 saturated heterocycles. The number of hydrogen-bond donors (Lipinski definition) is 0. The minimum Gasteiger partial charge on any atom is -0.497 e. The summed E-state index contributed by atoms with van der Waals surface area (Å²) >= 11 is 6.08. The molecule has 2 heterocycles. The Morgan fingerprint density at radius 1 is 1.19 bits per heavy atom. The Hall–Kier alpha value is -3.59. The Morgan fingerprint density at radius 2 is 2.03 bits per heavy atom. The van der Waals surface area contributed by atoms with Gasteiger partial charge >= 0.3 is 5.97 Å². The lowest BCUT2D eigenvalue weighted by Gasteiger charge is -2.19. The number of carbonyl (C=O) groups is 2. The van der Waals surface area contributed by atoms with E-state index in [4.69, 9.17) is 30.3 Å². The zero-order chi connectivity index (χ0) is 22.7. The molecule has 166 valence electrons. The van der Waals surface area contributed by atoms with Crippen molar-refractivity contribution in [2.24, 2.45) is 0 Å². The molecular formula is C22H20ClN3O6. The Kier molecular flexibility index (Phi) is 6.27. The van der Waals surface area contributed by atoms with Crippen LogP contribution in [0.15, 0.2) is 40.9 Å². The van der Waals surface area contributed by atoms with Crippen molar-refractivity contribution in [3.05, 3.63) is 52.9 Å². The highest BCUT2D eigenvalue weighted by Crippen LogP contribution is 2.32. The lowest BCUT2D eigenvalue weighted by atomic mass is 10.1. The van der Waals surface area contributed by atoms with Gasteiger partial charge in [-0.25, -0.2) is 4.79 Å². The smallest absolute Gasteiger partial charge is 0.340 e. The van der Waals surface area contributed by atoms with Crippen molar-refractivity contribution < 1.29 is 28.3 Å². The second-order valence-corrected chi connectivity index (χ2v) is 7.40. The standard InChI is InChI=1S/C22H20ClN3O6/c1-29-14-6-8-16(18(11-14)30-2)21-24-19(32-25-21)12-31-22(28)15-7-5-13(23)10-17(15)26-9-3-4-20(26)27/h5-8,10-11H,3-4,9,12H2,1-2H3. The molecule has 4 rings (SSSR count). The Labute approximate surface area is 188 Å². The third-order valence-corrected chi connectivity index (χ3v) is 5.22. The van der Waals surface area contributed by atoms with Crippen molar-refractivity contribution in [2.45, 2.75) is 19.4 Å². The SMILES string of the molecule is COc1ccc(-c2noc(COC(=O)c3ccc(Cl)cc3N3CCCC3=O)n2)c(OC)c1. The van der Waals surface area contributed by atoms with Gasteiger partial charge in [0.25, 0.3) is 5.89 Å². The molecule has 0 radical (unpaired) electrons.